The van der Waals surface area contributed by atoms with E-state index >= 15 is 0 Å². The van der Waals surface area contributed by atoms with Crippen LogP contribution in [0.5, 0.6) is 0 Å². The van der Waals surface area contributed by atoms with Crippen LogP contribution in [0.15, 0.2) is 53.6 Å². The lowest BCUT2D eigenvalue weighted by atomic mass is 10.1. The molecule has 0 atom stereocenters. The maximum absolute atomic E-state index is 12.6. The molecule has 30 heavy (non-hydrogen) atoms. The number of anilines is 2. The minimum atomic E-state index is -3.58. The van der Waals surface area contributed by atoms with Crippen LogP contribution in [0.25, 0.3) is 10.9 Å². The van der Waals surface area contributed by atoms with Gasteiger partial charge in [-0.15, -0.1) is 0 Å². The van der Waals surface area contributed by atoms with Crippen molar-refractivity contribution in [3.63, 3.8) is 0 Å². The van der Waals surface area contributed by atoms with E-state index in [1.165, 1.54) is 31.1 Å². The van der Waals surface area contributed by atoms with Gasteiger partial charge in [0.05, 0.1) is 16.3 Å². The SMILES string of the molecule is CN(C)c1ccc(S(=O)(=O)N(C)C)cc1NC(=O)CCCc1c[nH]c2ccccc12. The molecule has 0 aliphatic rings. The summed E-state index contributed by atoms with van der Waals surface area (Å²) in [5, 5.41) is 4.06. The molecule has 2 N–H and O–H groups in total. The fourth-order valence-electron chi connectivity index (χ4n) is 3.37. The van der Waals surface area contributed by atoms with E-state index in [1.807, 2.05) is 43.4 Å². The Balaban J connectivity index is 1.70. The highest BCUT2D eigenvalue weighted by Crippen LogP contribution is 2.29. The summed E-state index contributed by atoms with van der Waals surface area (Å²) in [7, 11) is 3.08. The van der Waals surface area contributed by atoms with E-state index < -0.39 is 10.0 Å². The number of aromatic nitrogens is 1. The van der Waals surface area contributed by atoms with Gasteiger partial charge in [-0.2, -0.15) is 0 Å². The highest BCUT2D eigenvalue weighted by atomic mass is 32.2. The van der Waals surface area contributed by atoms with Gasteiger partial charge in [0.15, 0.2) is 0 Å². The largest absolute Gasteiger partial charge is 0.376 e. The average molecular weight is 429 g/mol. The first-order valence-corrected chi connectivity index (χ1v) is 11.2. The third-order valence-electron chi connectivity index (χ3n) is 5.03. The fourth-order valence-corrected chi connectivity index (χ4v) is 4.30. The van der Waals surface area contributed by atoms with Crippen LogP contribution in [0.1, 0.15) is 18.4 Å². The number of rotatable bonds is 8. The van der Waals surface area contributed by atoms with Crippen LogP contribution in [0.2, 0.25) is 0 Å². The Morgan fingerprint density at radius 1 is 1.07 bits per heavy atom. The number of carbonyl (C=O) groups excluding carboxylic acids is 1. The Labute approximate surface area is 177 Å². The van der Waals surface area contributed by atoms with Gasteiger partial charge in [-0.05, 0) is 42.7 Å². The summed E-state index contributed by atoms with van der Waals surface area (Å²) in [6, 6.07) is 12.9. The molecular formula is C22H28N4O3S. The van der Waals surface area contributed by atoms with E-state index in [-0.39, 0.29) is 10.8 Å². The molecule has 8 heteroatoms. The van der Waals surface area contributed by atoms with E-state index in [1.54, 1.807) is 12.1 Å². The van der Waals surface area contributed by atoms with Crippen LogP contribution >= 0.6 is 0 Å². The summed E-state index contributed by atoms with van der Waals surface area (Å²) < 4.78 is 26.1. The van der Waals surface area contributed by atoms with Crippen molar-refractivity contribution in [1.82, 2.24) is 9.29 Å². The number of carbonyl (C=O) groups is 1. The van der Waals surface area contributed by atoms with Crippen LogP contribution in [-0.4, -0.2) is 51.8 Å². The molecule has 0 spiro atoms. The Morgan fingerprint density at radius 2 is 1.80 bits per heavy atom. The lowest BCUT2D eigenvalue weighted by Crippen LogP contribution is -2.23. The molecule has 0 radical (unpaired) electrons. The first-order chi connectivity index (χ1) is 14.2. The van der Waals surface area contributed by atoms with Gasteiger partial charge in [-0.1, -0.05) is 18.2 Å². The summed E-state index contributed by atoms with van der Waals surface area (Å²) in [6.07, 6.45) is 3.81. The van der Waals surface area contributed by atoms with Crippen molar-refractivity contribution in [2.24, 2.45) is 0 Å². The molecule has 7 nitrogen and oxygen atoms in total. The first kappa shape index (κ1) is 21.9. The van der Waals surface area contributed by atoms with Crippen LogP contribution in [-0.2, 0) is 21.2 Å². The van der Waals surface area contributed by atoms with E-state index in [4.69, 9.17) is 0 Å². The Bertz CT molecular complexity index is 1150. The number of para-hydroxylation sites is 1. The summed E-state index contributed by atoms with van der Waals surface area (Å²) in [5.41, 5.74) is 3.51. The molecule has 1 heterocycles. The monoisotopic (exact) mass is 428 g/mol. The first-order valence-electron chi connectivity index (χ1n) is 9.79. The number of nitrogens with one attached hydrogen (secondary N) is 2. The Kier molecular flexibility index (Phi) is 6.48. The minimum Gasteiger partial charge on any atom is -0.376 e. The molecular weight excluding hydrogens is 400 g/mol. The lowest BCUT2D eigenvalue weighted by molar-refractivity contribution is -0.116. The molecule has 2 aromatic carbocycles. The molecule has 160 valence electrons. The molecule has 0 aliphatic carbocycles. The number of benzene rings is 2. The van der Waals surface area contributed by atoms with Gasteiger partial charge in [0, 0.05) is 51.7 Å². The van der Waals surface area contributed by atoms with E-state index in [0.29, 0.717) is 18.5 Å². The van der Waals surface area contributed by atoms with Gasteiger partial charge in [-0.25, -0.2) is 12.7 Å². The second kappa shape index (κ2) is 8.89. The highest BCUT2D eigenvalue weighted by molar-refractivity contribution is 7.89. The summed E-state index contributed by atoms with van der Waals surface area (Å²) in [5.74, 6) is -0.141. The van der Waals surface area contributed by atoms with E-state index in [0.717, 1.165) is 21.9 Å². The number of hydrogen-bond donors (Lipinski definition) is 2. The van der Waals surface area contributed by atoms with Crippen molar-refractivity contribution < 1.29 is 13.2 Å². The summed E-state index contributed by atoms with van der Waals surface area (Å²) in [4.78, 5) is 17.8. The molecule has 1 aromatic heterocycles. The predicted molar refractivity (Wildman–Crippen MR) is 122 cm³/mol. The molecule has 0 bridgehead atoms. The number of aryl methyl sites for hydroxylation is 1. The van der Waals surface area contributed by atoms with Crippen molar-refractivity contribution in [3.05, 3.63) is 54.2 Å². The molecule has 0 unspecified atom stereocenters. The quantitative estimate of drug-likeness (QED) is 0.575. The number of H-pyrrole nitrogens is 1. The molecule has 0 saturated carbocycles. The van der Waals surface area contributed by atoms with Gasteiger partial charge in [-0.3, -0.25) is 4.79 Å². The molecule has 0 aliphatic heterocycles. The van der Waals surface area contributed by atoms with Crippen molar-refractivity contribution in [3.8, 4) is 0 Å². The number of fused-ring (bicyclic) bond motifs is 1. The van der Waals surface area contributed by atoms with Gasteiger partial charge in [0.1, 0.15) is 0 Å². The molecule has 1 amide bonds. The summed E-state index contributed by atoms with van der Waals surface area (Å²) >= 11 is 0. The zero-order valence-corrected chi connectivity index (χ0v) is 18.6. The number of aromatic amines is 1. The van der Waals surface area contributed by atoms with Crippen molar-refractivity contribution in [2.75, 3.05) is 38.4 Å². The number of sulfonamides is 1. The van der Waals surface area contributed by atoms with Gasteiger partial charge in [0.25, 0.3) is 0 Å². The minimum absolute atomic E-state index is 0.141. The zero-order valence-electron chi connectivity index (χ0n) is 17.8. The highest BCUT2D eigenvalue weighted by Gasteiger charge is 2.20. The van der Waals surface area contributed by atoms with Gasteiger partial charge >= 0.3 is 0 Å². The summed E-state index contributed by atoms with van der Waals surface area (Å²) in [6.45, 7) is 0. The maximum Gasteiger partial charge on any atom is 0.242 e. The normalized spacial score (nSPS) is 11.8. The van der Waals surface area contributed by atoms with Crippen LogP contribution in [0, 0.1) is 0 Å². The topological polar surface area (TPSA) is 85.5 Å². The second-order valence-corrected chi connectivity index (χ2v) is 9.77. The third kappa shape index (κ3) is 4.66. The molecule has 3 rings (SSSR count). The lowest BCUT2D eigenvalue weighted by Gasteiger charge is -2.20. The molecule has 3 aromatic rings. The van der Waals surface area contributed by atoms with E-state index in [9.17, 15) is 13.2 Å². The van der Waals surface area contributed by atoms with Crippen LogP contribution < -0.4 is 10.2 Å². The van der Waals surface area contributed by atoms with Crippen molar-refractivity contribution in [2.45, 2.75) is 24.2 Å². The van der Waals surface area contributed by atoms with E-state index in [2.05, 4.69) is 16.4 Å². The fraction of sp³-hybridized carbons (Fsp3) is 0.318. The Morgan fingerprint density at radius 3 is 2.50 bits per heavy atom. The van der Waals surface area contributed by atoms with Gasteiger partial charge in [0.2, 0.25) is 15.9 Å². The second-order valence-electron chi connectivity index (χ2n) is 7.62. The predicted octanol–water partition coefficient (Wildman–Crippen LogP) is 3.45. The smallest absolute Gasteiger partial charge is 0.242 e. The Hall–Kier alpha value is -2.84. The third-order valence-corrected chi connectivity index (χ3v) is 6.84. The molecule has 0 saturated heterocycles. The number of amides is 1. The van der Waals surface area contributed by atoms with Gasteiger partial charge < -0.3 is 15.2 Å². The van der Waals surface area contributed by atoms with Crippen LogP contribution in [0.4, 0.5) is 11.4 Å². The van der Waals surface area contributed by atoms with Crippen molar-refractivity contribution >= 4 is 38.2 Å². The van der Waals surface area contributed by atoms with Crippen LogP contribution in [0.3, 0.4) is 0 Å². The molecule has 0 fully saturated rings. The number of hydrogen-bond acceptors (Lipinski definition) is 4. The standard InChI is InChI=1S/C22H28N4O3S/c1-25(2)21-13-12-17(30(28,29)26(3)4)14-20(21)24-22(27)11-7-8-16-15-23-19-10-6-5-9-18(16)19/h5-6,9-10,12-15,23H,7-8,11H2,1-4H3,(H,24,27). The number of nitrogens with zero attached hydrogens (tertiary/aromatic N) is 2. The van der Waals surface area contributed by atoms with Crippen molar-refractivity contribution in [1.29, 1.82) is 0 Å². The maximum atomic E-state index is 12.6. The zero-order chi connectivity index (χ0) is 21.9. The average Bonchev–Trinajstić information content (AvgIpc) is 3.11.